The smallest absolute Gasteiger partial charge is 0.229 e. The first-order chi connectivity index (χ1) is 15.1. The molecule has 2 aromatic carbocycles. The molecule has 7 nitrogen and oxygen atoms in total. The number of benzene rings is 2. The number of piperidine rings is 1. The third kappa shape index (κ3) is 5.25. The fourth-order valence-corrected chi connectivity index (χ4v) is 3.73. The first-order valence-electron chi connectivity index (χ1n) is 10.3. The molecule has 0 aliphatic carbocycles. The van der Waals surface area contributed by atoms with E-state index in [1.165, 1.54) is 0 Å². The third-order valence-corrected chi connectivity index (χ3v) is 5.37. The van der Waals surface area contributed by atoms with Crippen LogP contribution in [0.3, 0.4) is 0 Å². The van der Waals surface area contributed by atoms with Crippen LogP contribution in [0.15, 0.2) is 67.0 Å². The second kappa shape index (κ2) is 9.38. The van der Waals surface area contributed by atoms with Crippen molar-refractivity contribution in [2.75, 3.05) is 18.4 Å². The van der Waals surface area contributed by atoms with E-state index in [0.717, 1.165) is 18.4 Å². The van der Waals surface area contributed by atoms with E-state index in [2.05, 4.69) is 15.3 Å². The molecule has 1 unspecified atom stereocenters. The van der Waals surface area contributed by atoms with E-state index in [-0.39, 0.29) is 23.5 Å². The summed E-state index contributed by atoms with van der Waals surface area (Å²) >= 11 is 0. The van der Waals surface area contributed by atoms with Crippen LogP contribution in [-0.2, 0) is 16.0 Å². The Bertz CT molecular complexity index is 1050. The number of phenols is 1. The lowest BCUT2D eigenvalue weighted by Crippen LogP contribution is -2.44. The first-order valence-corrected chi connectivity index (χ1v) is 10.3. The van der Waals surface area contributed by atoms with E-state index in [9.17, 15) is 14.7 Å². The molecule has 0 radical (unpaired) electrons. The van der Waals surface area contributed by atoms with Gasteiger partial charge in [-0.3, -0.25) is 9.59 Å². The number of aromatic hydroxyl groups is 1. The van der Waals surface area contributed by atoms with Crippen molar-refractivity contribution in [1.29, 1.82) is 0 Å². The van der Waals surface area contributed by atoms with Crippen molar-refractivity contribution >= 4 is 17.5 Å². The molecule has 0 bridgehead atoms. The number of amides is 2. The molecule has 1 fully saturated rings. The van der Waals surface area contributed by atoms with Crippen LogP contribution >= 0.6 is 0 Å². The van der Waals surface area contributed by atoms with Crippen LogP contribution in [0.2, 0.25) is 0 Å². The highest BCUT2D eigenvalue weighted by Gasteiger charge is 2.28. The topological polar surface area (TPSA) is 95.4 Å². The van der Waals surface area contributed by atoms with E-state index < -0.39 is 0 Å². The first kappa shape index (κ1) is 20.5. The molecule has 31 heavy (non-hydrogen) atoms. The summed E-state index contributed by atoms with van der Waals surface area (Å²) in [6.07, 6.45) is 4.98. The number of carbonyl (C=O) groups is 2. The van der Waals surface area contributed by atoms with Gasteiger partial charge in [0.15, 0.2) is 5.82 Å². The van der Waals surface area contributed by atoms with Gasteiger partial charge in [-0.1, -0.05) is 42.5 Å². The summed E-state index contributed by atoms with van der Waals surface area (Å²) in [5.74, 6) is 0.249. The van der Waals surface area contributed by atoms with Gasteiger partial charge in [-0.05, 0) is 30.5 Å². The molecular weight excluding hydrogens is 392 g/mol. The molecule has 158 valence electrons. The summed E-state index contributed by atoms with van der Waals surface area (Å²) in [4.78, 5) is 35.7. The summed E-state index contributed by atoms with van der Waals surface area (Å²) in [5, 5.41) is 12.5. The summed E-state index contributed by atoms with van der Waals surface area (Å²) in [6, 6.07) is 16.3. The molecule has 1 saturated heterocycles. The van der Waals surface area contributed by atoms with E-state index in [4.69, 9.17) is 0 Å². The van der Waals surface area contributed by atoms with Crippen molar-refractivity contribution in [3.63, 3.8) is 0 Å². The average Bonchev–Trinajstić information content (AvgIpc) is 2.80. The molecule has 7 heteroatoms. The molecule has 2 heterocycles. The maximum absolute atomic E-state index is 12.8. The number of nitrogens with one attached hydrogen (secondary N) is 1. The van der Waals surface area contributed by atoms with Crippen LogP contribution < -0.4 is 5.32 Å². The zero-order valence-electron chi connectivity index (χ0n) is 17.1. The lowest BCUT2D eigenvalue weighted by atomic mass is 9.96. The number of carbonyl (C=O) groups excluding carboxylic acids is 2. The van der Waals surface area contributed by atoms with Crippen molar-refractivity contribution in [3.05, 3.63) is 72.6 Å². The Labute approximate surface area is 180 Å². The summed E-state index contributed by atoms with van der Waals surface area (Å²) in [7, 11) is 0. The van der Waals surface area contributed by atoms with Crippen LogP contribution in [0.4, 0.5) is 5.69 Å². The molecule has 0 saturated carbocycles. The molecule has 3 aromatic rings. The highest BCUT2D eigenvalue weighted by atomic mass is 16.3. The average molecular weight is 416 g/mol. The summed E-state index contributed by atoms with van der Waals surface area (Å²) in [5.41, 5.74) is 2.17. The molecule has 1 atom stereocenters. The molecule has 1 aliphatic heterocycles. The minimum atomic E-state index is -0.265. The lowest BCUT2D eigenvalue weighted by Gasteiger charge is -2.32. The van der Waals surface area contributed by atoms with Crippen LogP contribution in [0.25, 0.3) is 11.4 Å². The predicted octanol–water partition coefficient (Wildman–Crippen LogP) is 3.27. The van der Waals surface area contributed by atoms with Crippen LogP contribution in [0, 0.1) is 5.92 Å². The maximum atomic E-state index is 12.8. The van der Waals surface area contributed by atoms with Gasteiger partial charge >= 0.3 is 0 Å². The number of anilines is 1. The summed E-state index contributed by atoms with van der Waals surface area (Å²) < 4.78 is 0. The Morgan fingerprint density at radius 1 is 1.06 bits per heavy atom. The van der Waals surface area contributed by atoms with Crippen molar-refractivity contribution in [2.24, 2.45) is 5.92 Å². The maximum Gasteiger partial charge on any atom is 0.229 e. The Morgan fingerprint density at radius 2 is 1.84 bits per heavy atom. The third-order valence-electron chi connectivity index (χ3n) is 5.37. The van der Waals surface area contributed by atoms with Crippen LogP contribution in [-0.4, -0.2) is 44.9 Å². The van der Waals surface area contributed by atoms with Gasteiger partial charge in [-0.2, -0.15) is 0 Å². The van der Waals surface area contributed by atoms with E-state index >= 15 is 0 Å². The van der Waals surface area contributed by atoms with Gasteiger partial charge in [-0.25, -0.2) is 9.97 Å². The van der Waals surface area contributed by atoms with Gasteiger partial charge in [-0.15, -0.1) is 0 Å². The van der Waals surface area contributed by atoms with Crippen LogP contribution in [0.1, 0.15) is 18.4 Å². The molecule has 4 rings (SSSR count). The van der Waals surface area contributed by atoms with Crippen molar-refractivity contribution in [1.82, 2.24) is 14.9 Å². The van der Waals surface area contributed by atoms with Crippen molar-refractivity contribution in [3.8, 4) is 17.1 Å². The van der Waals surface area contributed by atoms with Gasteiger partial charge in [0, 0.05) is 18.7 Å². The fraction of sp³-hybridized carbons (Fsp3) is 0.250. The number of hydrogen-bond acceptors (Lipinski definition) is 5. The SMILES string of the molecule is O=C(Nc1cnc(-c2cccc(O)c2)nc1)C1CCCN(C(=O)Cc2ccccc2)C1. The number of likely N-dealkylation sites (tertiary alicyclic amines) is 1. The normalized spacial score (nSPS) is 16.0. The molecule has 2 amide bonds. The number of phenolic OH excluding ortho intramolecular Hbond substituents is 1. The highest BCUT2D eigenvalue weighted by Crippen LogP contribution is 2.22. The standard InChI is InChI=1S/C24H24N4O3/c29-21-10-4-8-18(13-21)23-25-14-20(15-26-23)27-24(31)19-9-5-11-28(16-19)22(30)12-17-6-2-1-3-7-17/h1-4,6-8,10,13-15,19,29H,5,9,11-12,16H2,(H,27,31). The Balaban J connectivity index is 1.35. The van der Waals surface area contributed by atoms with Gasteiger partial charge in [0.25, 0.3) is 0 Å². The van der Waals surface area contributed by atoms with E-state index in [1.807, 2.05) is 30.3 Å². The van der Waals surface area contributed by atoms with E-state index in [1.54, 1.807) is 41.6 Å². The monoisotopic (exact) mass is 416 g/mol. The van der Waals surface area contributed by atoms with Crippen molar-refractivity contribution < 1.29 is 14.7 Å². The zero-order chi connectivity index (χ0) is 21.6. The van der Waals surface area contributed by atoms with Crippen LogP contribution in [0.5, 0.6) is 5.75 Å². The predicted molar refractivity (Wildman–Crippen MR) is 117 cm³/mol. The minimum absolute atomic E-state index is 0.0440. The number of aromatic nitrogens is 2. The Hall–Kier alpha value is -3.74. The molecule has 0 spiro atoms. The molecule has 1 aliphatic rings. The van der Waals surface area contributed by atoms with E-state index in [0.29, 0.717) is 36.6 Å². The zero-order valence-corrected chi connectivity index (χ0v) is 17.1. The lowest BCUT2D eigenvalue weighted by molar-refractivity contribution is -0.133. The molecular formula is C24H24N4O3. The number of rotatable bonds is 5. The quantitative estimate of drug-likeness (QED) is 0.666. The summed E-state index contributed by atoms with van der Waals surface area (Å²) in [6.45, 7) is 1.09. The van der Waals surface area contributed by atoms with Gasteiger partial charge < -0.3 is 15.3 Å². The number of nitrogens with zero attached hydrogens (tertiary/aromatic N) is 3. The van der Waals surface area contributed by atoms with Gasteiger partial charge in [0.05, 0.1) is 30.4 Å². The Kier molecular flexibility index (Phi) is 6.21. The van der Waals surface area contributed by atoms with Gasteiger partial charge in [0.2, 0.25) is 11.8 Å². The number of hydrogen-bond donors (Lipinski definition) is 2. The minimum Gasteiger partial charge on any atom is -0.508 e. The Morgan fingerprint density at radius 3 is 2.58 bits per heavy atom. The molecule has 1 aromatic heterocycles. The molecule has 2 N–H and O–H groups in total. The second-order valence-electron chi connectivity index (χ2n) is 7.68. The highest BCUT2D eigenvalue weighted by molar-refractivity contribution is 5.93. The van der Waals surface area contributed by atoms with Gasteiger partial charge in [0.1, 0.15) is 5.75 Å². The second-order valence-corrected chi connectivity index (χ2v) is 7.68. The largest absolute Gasteiger partial charge is 0.508 e. The fourth-order valence-electron chi connectivity index (χ4n) is 3.73. The van der Waals surface area contributed by atoms with Crippen molar-refractivity contribution in [2.45, 2.75) is 19.3 Å².